The Labute approximate surface area is 99.7 Å². The molecule has 0 amide bonds. The van der Waals surface area contributed by atoms with Crippen LogP contribution in [0.2, 0.25) is 0 Å². The predicted molar refractivity (Wildman–Crippen MR) is 58.8 cm³/mol. The SMILES string of the molecule is Cn1cnc(S(=O)(=O)N2CCOC(CO)C2)c1. The first-order valence-electron chi connectivity index (χ1n) is 5.24. The van der Waals surface area contributed by atoms with Crippen LogP contribution in [0.4, 0.5) is 0 Å². The first kappa shape index (κ1) is 12.5. The highest BCUT2D eigenvalue weighted by Gasteiger charge is 2.31. The van der Waals surface area contributed by atoms with Crippen LogP contribution in [0.5, 0.6) is 0 Å². The fourth-order valence-corrected chi connectivity index (χ4v) is 3.10. The minimum absolute atomic E-state index is 0.0265. The molecule has 1 unspecified atom stereocenters. The molecule has 96 valence electrons. The summed E-state index contributed by atoms with van der Waals surface area (Å²) in [5, 5.41) is 9.01. The van der Waals surface area contributed by atoms with Crippen molar-refractivity contribution in [2.45, 2.75) is 11.1 Å². The van der Waals surface area contributed by atoms with E-state index in [2.05, 4.69) is 4.98 Å². The summed E-state index contributed by atoms with van der Waals surface area (Å²) >= 11 is 0. The number of aliphatic hydroxyl groups excluding tert-OH is 1. The molecule has 0 aromatic carbocycles. The largest absolute Gasteiger partial charge is 0.394 e. The van der Waals surface area contributed by atoms with E-state index in [-0.39, 0.29) is 31.3 Å². The second-order valence-corrected chi connectivity index (χ2v) is 5.80. The molecule has 1 aromatic rings. The second kappa shape index (κ2) is 4.73. The number of imidazole rings is 1. The molecule has 0 saturated carbocycles. The molecule has 2 heterocycles. The zero-order valence-electron chi connectivity index (χ0n) is 9.48. The molecule has 17 heavy (non-hydrogen) atoms. The zero-order valence-corrected chi connectivity index (χ0v) is 10.3. The first-order valence-corrected chi connectivity index (χ1v) is 6.68. The fourth-order valence-electron chi connectivity index (χ4n) is 1.68. The van der Waals surface area contributed by atoms with Crippen molar-refractivity contribution < 1.29 is 18.3 Å². The molecule has 1 aliphatic heterocycles. The van der Waals surface area contributed by atoms with Crippen LogP contribution >= 0.6 is 0 Å². The number of hydrogen-bond acceptors (Lipinski definition) is 5. The van der Waals surface area contributed by atoms with E-state index in [1.807, 2.05) is 0 Å². The quantitative estimate of drug-likeness (QED) is 0.739. The van der Waals surface area contributed by atoms with Crippen molar-refractivity contribution >= 4 is 10.0 Å². The zero-order chi connectivity index (χ0) is 12.5. The van der Waals surface area contributed by atoms with Crippen molar-refractivity contribution in [2.75, 3.05) is 26.3 Å². The lowest BCUT2D eigenvalue weighted by atomic mass is 10.3. The van der Waals surface area contributed by atoms with Gasteiger partial charge in [-0.25, -0.2) is 13.4 Å². The number of hydrogen-bond donors (Lipinski definition) is 1. The molecule has 1 aromatic heterocycles. The van der Waals surface area contributed by atoms with Crippen LogP contribution in [-0.4, -0.2) is 59.8 Å². The van der Waals surface area contributed by atoms with E-state index in [9.17, 15) is 8.42 Å². The van der Waals surface area contributed by atoms with Crippen molar-refractivity contribution in [3.63, 3.8) is 0 Å². The maximum Gasteiger partial charge on any atom is 0.262 e. The van der Waals surface area contributed by atoms with Crippen molar-refractivity contribution in [2.24, 2.45) is 7.05 Å². The van der Waals surface area contributed by atoms with Gasteiger partial charge in [0.15, 0.2) is 5.03 Å². The monoisotopic (exact) mass is 261 g/mol. The molecule has 1 fully saturated rings. The van der Waals surface area contributed by atoms with Crippen molar-refractivity contribution in [1.82, 2.24) is 13.9 Å². The lowest BCUT2D eigenvalue weighted by molar-refractivity contribution is -0.0305. The van der Waals surface area contributed by atoms with E-state index in [4.69, 9.17) is 9.84 Å². The summed E-state index contributed by atoms with van der Waals surface area (Å²) in [7, 11) is -1.86. The van der Waals surface area contributed by atoms with Gasteiger partial charge in [-0.1, -0.05) is 0 Å². The maximum absolute atomic E-state index is 12.2. The van der Waals surface area contributed by atoms with Gasteiger partial charge in [0.25, 0.3) is 10.0 Å². The molecule has 0 spiro atoms. The Morgan fingerprint density at radius 2 is 2.41 bits per heavy atom. The lowest BCUT2D eigenvalue weighted by Gasteiger charge is -2.30. The third kappa shape index (κ3) is 2.49. The normalized spacial score (nSPS) is 22.8. The Morgan fingerprint density at radius 1 is 1.65 bits per heavy atom. The number of ether oxygens (including phenoxy) is 1. The topological polar surface area (TPSA) is 84.7 Å². The molecule has 1 saturated heterocycles. The summed E-state index contributed by atoms with van der Waals surface area (Å²) in [6.45, 7) is 0.552. The number of sulfonamides is 1. The molecular weight excluding hydrogens is 246 g/mol. The Kier molecular flexibility index (Phi) is 3.48. The third-order valence-corrected chi connectivity index (χ3v) is 4.34. The van der Waals surface area contributed by atoms with Crippen LogP contribution in [-0.2, 0) is 21.8 Å². The van der Waals surface area contributed by atoms with Crippen molar-refractivity contribution in [3.05, 3.63) is 12.5 Å². The fraction of sp³-hybridized carbons (Fsp3) is 0.667. The van der Waals surface area contributed by atoms with Crippen LogP contribution < -0.4 is 0 Å². The van der Waals surface area contributed by atoms with Gasteiger partial charge in [0.2, 0.25) is 0 Å². The number of rotatable bonds is 3. The van der Waals surface area contributed by atoms with Gasteiger partial charge in [0, 0.05) is 26.3 Å². The van der Waals surface area contributed by atoms with Gasteiger partial charge in [0.1, 0.15) is 0 Å². The summed E-state index contributed by atoms with van der Waals surface area (Å²) in [5.74, 6) is 0. The van der Waals surface area contributed by atoms with E-state index in [0.717, 1.165) is 0 Å². The van der Waals surface area contributed by atoms with Gasteiger partial charge >= 0.3 is 0 Å². The van der Waals surface area contributed by atoms with Crippen LogP contribution in [0.1, 0.15) is 0 Å². The Morgan fingerprint density at radius 3 is 3.00 bits per heavy atom. The van der Waals surface area contributed by atoms with Gasteiger partial charge in [0.05, 0.1) is 25.6 Å². The molecule has 8 heteroatoms. The summed E-state index contributed by atoms with van der Waals surface area (Å²) in [4.78, 5) is 3.84. The average Bonchev–Trinajstić information content (AvgIpc) is 2.76. The molecule has 7 nitrogen and oxygen atoms in total. The summed E-state index contributed by atoms with van der Waals surface area (Å²) in [6.07, 6.45) is 2.44. The average molecular weight is 261 g/mol. The van der Waals surface area contributed by atoms with E-state index < -0.39 is 16.1 Å². The number of aliphatic hydroxyl groups is 1. The van der Waals surface area contributed by atoms with Gasteiger partial charge in [-0.05, 0) is 0 Å². The van der Waals surface area contributed by atoms with E-state index in [1.54, 1.807) is 11.6 Å². The molecular formula is C9H15N3O4S. The summed E-state index contributed by atoms with van der Waals surface area (Å²) in [5.41, 5.74) is 0. The smallest absolute Gasteiger partial charge is 0.262 e. The Balaban J connectivity index is 2.21. The number of aryl methyl sites for hydroxylation is 1. The highest BCUT2D eigenvalue weighted by Crippen LogP contribution is 2.16. The van der Waals surface area contributed by atoms with Crippen molar-refractivity contribution in [1.29, 1.82) is 0 Å². The molecule has 0 bridgehead atoms. The second-order valence-electron chi connectivity index (χ2n) is 3.92. The number of morpholine rings is 1. The lowest BCUT2D eigenvalue weighted by Crippen LogP contribution is -2.46. The summed E-state index contributed by atoms with van der Waals surface area (Å²) in [6, 6.07) is 0. The van der Waals surface area contributed by atoms with Crippen LogP contribution in [0, 0.1) is 0 Å². The molecule has 1 N–H and O–H groups in total. The Hall–Kier alpha value is -0.960. The predicted octanol–water partition coefficient (Wildman–Crippen LogP) is -1.20. The highest BCUT2D eigenvalue weighted by molar-refractivity contribution is 7.89. The van der Waals surface area contributed by atoms with Crippen LogP contribution in [0.25, 0.3) is 0 Å². The van der Waals surface area contributed by atoms with Gasteiger partial charge in [-0.3, -0.25) is 0 Å². The number of aromatic nitrogens is 2. The van der Waals surface area contributed by atoms with E-state index in [0.29, 0.717) is 0 Å². The van der Waals surface area contributed by atoms with Gasteiger partial charge < -0.3 is 14.4 Å². The molecule has 0 aliphatic carbocycles. The van der Waals surface area contributed by atoms with E-state index >= 15 is 0 Å². The van der Waals surface area contributed by atoms with Gasteiger partial charge in [-0.2, -0.15) is 4.31 Å². The van der Waals surface area contributed by atoms with Crippen LogP contribution in [0.15, 0.2) is 17.6 Å². The Bertz CT molecular complexity index is 484. The summed E-state index contributed by atoms with van der Waals surface area (Å²) < 4.78 is 32.4. The standard InChI is InChI=1S/C9H15N3O4S/c1-11-5-9(10-7-11)17(14,15)12-2-3-16-8(4-12)6-13/h5,7-8,13H,2-4,6H2,1H3. The first-order chi connectivity index (χ1) is 8.04. The minimum atomic E-state index is -3.57. The minimum Gasteiger partial charge on any atom is -0.394 e. The third-order valence-electron chi connectivity index (χ3n) is 2.59. The van der Waals surface area contributed by atoms with Crippen LogP contribution in [0.3, 0.4) is 0 Å². The van der Waals surface area contributed by atoms with E-state index in [1.165, 1.54) is 16.8 Å². The van der Waals surface area contributed by atoms with Crippen molar-refractivity contribution in [3.8, 4) is 0 Å². The van der Waals surface area contributed by atoms with Gasteiger partial charge in [-0.15, -0.1) is 0 Å². The highest BCUT2D eigenvalue weighted by atomic mass is 32.2. The molecule has 2 rings (SSSR count). The maximum atomic E-state index is 12.2. The molecule has 1 atom stereocenters. The number of nitrogens with zero attached hydrogens (tertiary/aromatic N) is 3. The molecule has 0 radical (unpaired) electrons. The molecule has 1 aliphatic rings.